The van der Waals surface area contributed by atoms with Gasteiger partial charge in [0.05, 0.1) is 6.04 Å². The third-order valence-corrected chi connectivity index (χ3v) is 5.41. The highest BCUT2D eigenvalue weighted by atomic mass is 19.4. The monoisotopic (exact) mass is 418 g/mol. The Morgan fingerprint density at radius 3 is 2.63 bits per heavy atom. The minimum Gasteiger partial charge on any atom is -0.354 e. The van der Waals surface area contributed by atoms with Gasteiger partial charge < -0.3 is 9.88 Å². The molecule has 7 nitrogen and oxygen atoms in total. The summed E-state index contributed by atoms with van der Waals surface area (Å²) in [5.74, 6) is 1.17. The lowest BCUT2D eigenvalue weighted by Crippen LogP contribution is -2.37. The van der Waals surface area contributed by atoms with E-state index in [-0.39, 0.29) is 11.6 Å². The molecule has 0 bridgehead atoms. The lowest BCUT2D eigenvalue weighted by atomic mass is 10.1. The second kappa shape index (κ2) is 7.58. The van der Waals surface area contributed by atoms with Crippen LogP contribution in [0.2, 0.25) is 0 Å². The van der Waals surface area contributed by atoms with Gasteiger partial charge in [-0.25, -0.2) is 9.97 Å². The first-order valence-corrected chi connectivity index (χ1v) is 9.63. The molecule has 4 rings (SSSR count). The van der Waals surface area contributed by atoms with Crippen molar-refractivity contribution in [2.45, 2.75) is 38.9 Å². The Balaban J connectivity index is 1.52. The van der Waals surface area contributed by atoms with Crippen molar-refractivity contribution >= 4 is 5.82 Å². The second-order valence-electron chi connectivity index (χ2n) is 7.45. The van der Waals surface area contributed by atoms with Crippen LogP contribution in [0, 0.1) is 13.8 Å². The summed E-state index contributed by atoms with van der Waals surface area (Å²) in [5.41, 5.74) is 0.869. The third kappa shape index (κ3) is 3.94. The summed E-state index contributed by atoms with van der Waals surface area (Å²) in [6, 6.07) is 4.50. The summed E-state index contributed by atoms with van der Waals surface area (Å²) in [6.07, 6.45) is 0.153. The number of pyridine rings is 1. The topological polar surface area (TPSA) is 79.7 Å². The van der Waals surface area contributed by atoms with Gasteiger partial charge in [0.1, 0.15) is 11.6 Å². The maximum Gasteiger partial charge on any atom is 0.435 e. The fourth-order valence-corrected chi connectivity index (χ4v) is 3.57. The SMILES string of the molecule is Cc1nc(-c2ccc(N3CCCC(n4ccc(C(F)(F)F)n4)C3)nc2)[nH]c(=O)c1C. The Morgan fingerprint density at radius 1 is 1.20 bits per heavy atom. The van der Waals surface area contributed by atoms with E-state index in [9.17, 15) is 18.0 Å². The standard InChI is InChI=1S/C20H21F3N6O/c1-12-13(2)25-18(26-19(12)30)14-5-6-17(24-10-14)28-8-3-4-15(11-28)29-9-7-16(27-29)20(21,22)23/h5-7,9-10,15H,3-4,8,11H2,1-2H3,(H,25,26,30). The van der Waals surface area contributed by atoms with Crippen LogP contribution in [0.15, 0.2) is 35.4 Å². The van der Waals surface area contributed by atoms with Crippen molar-refractivity contribution in [3.8, 4) is 11.4 Å². The van der Waals surface area contributed by atoms with E-state index in [1.54, 1.807) is 20.0 Å². The van der Waals surface area contributed by atoms with Gasteiger partial charge in [0, 0.05) is 42.3 Å². The molecule has 0 aromatic carbocycles. The number of rotatable bonds is 3. The van der Waals surface area contributed by atoms with E-state index < -0.39 is 11.9 Å². The summed E-state index contributed by atoms with van der Waals surface area (Å²) in [4.78, 5) is 25.7. The number of hydrogen-bond acceptors (Lipinski definition) is 5. The maximum absolute atomic E-state index is 12.8. The normalized spacial score (nSPS) is 17.4. The van der Waals surface area contributed by atoms with Gasteiger partial charge in [-0.15, -0.1) is 0 Å². The Bertz CT molecular complexity index is 1100. The highest BCUT2D eigenvalue weighted by Crippen LogP contribution is 2.30. The van der Waals surface area contributed by atoms with E-state index in [2.05, 4.69) is 20.1 Å². The largest absolute Gasteiger partial charge is 0.435 e. The molecule has 0 amide bonds. The first-order valence-electron chi connectivity index (χ1n) is 9.63. The zero-order chi connectivity index (χ0) is 21.5. The second-order valence-corrected chi connectivity index (χ2v) is 7.45. The van der Waals surface area contributed by atoms with Crippen molar-refractivity contribution in [3.05, 3.63) is 57.9 Å². The predicted octanol–water partition coefficient (Wildman–Crippen LogP) is 3.51. The van der Waals surface area contributed by atoms with Crippen LogP contribution in [0.1, 0.15) is 35.8 Å². The fourth-order valence-electron chi connectivity index (χ4n) is 3.57. The van der Waals surface area contributed by atoms with Gasteiger partial charge in [0.15, 0.2) is 5.69 Å². The molecule has 1 fully saturated rings. The van der Waals surface area contributed by atoms with Gasteiger partial charge in [-0.1, -0.05) is 0 Å². The van der Waals surface area contributed by atoms with Crippen molar-refractivity contribution in [1.82, 2.24) is 24.7 Å². The van der Waals surface area contributed by atoms with Gasteiger partial charge in [-0.05, 0) is 44.9 Å². The quantitative estimate of drug-likeness (QED) is 0.704. The molecule has 1 N–H and O–H groups in total. The molecular formula is C20H21F3N6O. The summed E-state index contributed by atoms with van der Waals surface area (Å²) >= 11 is 0. The molecule has 1 atom stereocenters. The molecule has 0 radical (unpaired) electrons. The molecule has 158 valence electrons. The smallest absolute Gasteiger partial charge is 0.354 e. The van der Waals surface area contributed by atoms with E-state index in [0.29, 0.717) is 29.2 Å². The molecule has 30 heavy (non-hydrogen) atoms. The number of nitrogens with zero attached hydrogens (tertiary/aromatic N) is 5. The molecule has 0 aliphatic carbocycles. The molecule has 0 saturated carbocycles. The van der Waals surface area contributed by atoms with E-state index in [0.717, 1.165) is 31.3 Å². The van der Waals surface area contributed by atoms with E-state index in [4.69, 9.17) is 0 Å². The van der Waals surface area contributed by atoms with E-state index in [1.807, 2.05) is 17.0 Å². The molecule has 3 aromatic rings. The number of aromatic nitrogens is 5. The molecule has 1 unspecified atom stereocenters. The average Bonchev–Trinajstić information content (AvgIpc) is 3.23. The Kier molecular flexibility index (Phi) is 5.08. The Morgan fingerprint density at radius 2 is 2.00 bits per heavy atom. The first-order chi connectivity index (χ1) is 14.2. The number of aromatic amines is 1. The summed E-state index contributed by atoms with van der Waals surface area (Å²) in [7, 11) is 0. The maximum atomic E-state index is 12.8. The lowest BCUT2D eigenvalue weighted by molar-refractivity contribution is -0.141. The van der Waals surface area contributed by atoms with Crippen LogP contribution in [-0.4, -0.2) is 37.8 Å². The van der Waals surface area contributed by atoms with E-state index >= 15 is 0 Å². The van der Waals surface area contributed by atoms with Crippen LogP contribution in [0.4, 0.5) is 19.0 Å². The lowest BCUT2D eigenvalue weighted by Gasteiger charge is -2.33. The third-order valence-electron chi connectivity index (χ3n) is 5.41. The molecule has 0 spiro atoms. The van der Waals surface area contributed by atoms with E-state index in [1.165, 1.54) is 10.9 Å². The zero-order valence-corrected chi connectivity index (χ0v) is 16.6. The molecular weight excluding hydrogens is 397 g/mol. The van der Waals surface area contributed by atoms with Crippen LogP contribution >= 0.6 is 0 Å². The summed E-state index contributed by atoms with van der Waals surface area (Å²) in [6.45, 7) is 4.78. The van der Waals surface area contributed by atoms with Crippen LogP contribution in [0.5, 0.6) is 0 Å². The predicted molar refractivity (Wildman–Crippen MR) is 105 cm³/mol. The highest BCUT2D eigenvalue weighted by molar-refractivity contribution is 5.56. The zero-order valence-electron chi connectivity index (χ0n) is 16.6. The number of hydrogen-bond donors (Lipinski definition) is 1. The van der Waals surface area contributed by atoms with Crippen molar-refractivity contribution in [1.29, 1.82) is 0 Å². The van der Waals surface area contributed by atoms with Gasteiger partial charge in [-0.2, -0.15) is 18.3 Å². The number of aryl methyl sites for hydroxylation is 1. The van der Waals surface area contributed by atoms with Crippen LogP contribution in [0.3, 0.4) is 0 Å². The summed E-state index contributed by atoms with van der Waals surface area (Å²) < 4.78 is 39.9. The van der Waals surface area contributed by atoms with Crippen LogP contribution in [0.25, 0.3) is 11.4 Å². The van der Waals surface area contributed by atoms with Crippen molar-refractivity contribution < 1.29 is 13.2 Å². The van der Waals surface area contributed by atoms with Gasteiger partial charge in [-0.3, -0.25) is 9.48 Å². The molecule has 3 aromatic heterocycles. The van der Waals surface area contributed by atoms with Gasteiger partial charge >= 0.3 is 6.18 Å². The Hall–Kier alpha value is -3.17. The fraction of sp³-hybridized carbons (Fsp3) is 0.400. The number of halogens is 3. The molecule has 1 aliphatic heterocycles. The van der Waals surface area contributed by atoms with Crippen molar-refractivity contribution in [2.75, 3.05) is 18.0 Å². The molecule has 1 aliphatic rings. The molecule has 4 heterocycles. The van der Waals surface area contributed by atoms with Crippen LogP contribution < -0.4 is 10.5 Å². The average molecular weight is 418 g/mol. The number of alkyl halides is 3. The van der Waals surface area contributed by atoms with Crippen molar-refractivity contribution in [2.24, 2.45) is 0 Å². The number of piperidine rings is 1. The minimum absolute atomic E-state index is 0.158. The number of H-pyrrole nitrogens is 1. The van der Waals surface area contributed by atoms with Crippen molar-refractivity contribution in [3.63, 3.8) is 0 Å². The van der Waals surface area contributed by atoms with Gasteiger partial charge in [0.25, 0.3) is 5.56 Å². The minimum atomic E-state index is -4.44. The molecule has 10 heteroatoms. The molecule has 1 saturated heterocycles. The Labute approximate surface area is 170 Å². The first kappa shape index (κ1) is 20.1. The number of nitrogens with one attached hydrogen (secondary N) is 1. The van der Waals surface area contributed by atoms with Crippen LogP contribution in [-0.2, 0) is 6.18 Å². The summed E-state index contributed by atoms with van der Waals surface area (Å²) in [5, 5.41) is 3.71. The van der Waals surface area contributed by atoms with Gasteiger partial charge in [0.2, 0.25) is 0 Å². The highest BCUT2D eigenvalue weighted by Gasteiger charge is 2.34. The number of anilines is 1.